The second-order valence-electron chi connectivity index (χ2n) is 7.95. The molecule has 1 amide bonds. The number of nitrogens with zero attached hydrogens (tertiary/aromatic N) is 2. The Kier molecular flexibility index (Phi) is 5.19. The highest BCUT2D eigenvalue weighted by atomic mass is 19.1. The monoisotopic (exact) mass is 373 g/mol. The highest BCUT2D eigenvalue weighted by molar-refractivity contribution is 5.90. The summed E-state index contributed by atoms with van der Waals surface area (Å²) in [6.45, 7) is 6.25. The van der Waals surface area contributed by atoms with Crippen LogP contribution in [0.5, 0.6) is 0 Å². The lowest BCUT2D eigenvalue weighted by atomic mass is 9.95. The van der Waals surface area contributed by atoms with Crippen LogP contribution in [0.2, 0.25) is 0 Å². The van der Waals surface area contributed by atoms with Gasteiger partial charge in [0.1, 0.15) is 5.82 Å². The van der Waals surface area contributed by atoms with Crippen molar-refractivity contribution >= 4 is 16.8 Å². The number of piperidine rings is 1. The summed E-state index contributed by atoms with van der Waals surface area (Å²) in [4.78, 5) is 20.7. The Hall–Kier alpha value is -1.92. The smallest absolute Gasteiger partial charge is 0.227 e. The number of ether oxygens (including phenoxy) is 1. The third-order valence-corrected chi connectivity index (χ3v) is 6.19. The molecule has 5 rings (SSSR count). The first kappa shape index (κ1) is 18.4. The van der Waals surface area contributed by atoms with Crippen LogP contribution in [0, 0.1) is 18.7 Å². The fourth-order valence-electron chi connectivity index (χ4n) is 4.72. The van der Waals surface area contributed by atoms with Gasteiger partial charge in [-0.3, -0.25) is 9.69 Å². The van der Waals surface area contributed by atoms with Crippen molar-refractivity contribution in [3.05, 3.63) is 35.3 Å². The molecule has 0 radical (unpaired) electrons. The molecule has 0 unspecified atom stereocenters. The molecule has 0 spiro atoms. The fraction of sp³-hybridized carbons (Fsp3) is 0.571. The summed E-state index contributed by atoms with van der Waals surface area (Å²) in [7, 11) is 1.73. The molecule has 1 aromatic carbocycles. The van der Waals surface area contributed by atoms with Gasteiger partial charge < -0.3 is 14.6 Å². The zero-order valence-electron chi connectivity index (χ0n) is 16.1. The molecule has 1 N–H and O–H groups in total. The molecule has 3 saturated heterocycles. The van der Waals surface area contributed by atoms with E-state index in [1.54, 1.807) is 13.2 Å². The van der Waals surface area contributed by atoms with Crippen LogP contribution in [0.25, 0.3) is 10.9 Å². The fourth-order valence-corrected chi connectivity index (χ4v) is 4.72. The molecule has 0 saturated carbocycles. The summed E-state index contributed by atoms with van der Waals surface area (Å²) in [5.74, 6) is 0.413. The SMILES string of the molecule is COCCN1C[C@H]2CC[C@@H]1CN(C(=O)Cc1c(C)[nH]c3c(F)cccc13)C2. The number of benzene rings is 1. The Morgan fingerprint density at radius 2 is 2.15 bits per heavy atom. The Morgan fingerprint density at radius 1 is 1.30 bits per heavy atom. The number of hydrogen-bond donors (Lipinski definition) is 1. The minimum atomic E-state index is -0.268. The average molecular weight is 373 g/mol. The second kappa shape index (κ2) is 7.60. The van der Waals surface area contributed by atoms with E-state index >= 15 is 0 Å². The van der Waals surface area contributed by atoms with Crippen LogP contribution in [-0.2, 0) is 16.0 Å². The first-order valence-electron chi connectivity index (χ1n) is 9.83. The van der Waals surface area contributed by atoms with E-state index in [2.05, 4.69) is 9.88 Å². The van der Waals surface area contributed by atoms with Gasteiger partial charge >= 0.3 is 0 Å². The lowest BCUT2D eigenvalue weighted by Gasteiger charge is -2.35. The number of nitrogens with one attached hydrogen (secondary N) is 1. The maximum absolute atomic E-state index is 14.0. The van der Waals surface area contributed by atoms with Crippen LogP contribution in [0.4, 0.5) is 4.39 Å². The van der Waals surface area contributed by atoms with E-state index < -0.39 is 0 Å². The van der Waals surface area contributed by atoms with Crippen LogP contribution in [0.15, 0.2) is 18.2 Å². The molecular formula is C21H28FN3O2. The van der Waals surface area contributed by atoms with Crippen LogP contribution in [0.1, 0.15) is 24.1 Å². The topological polar surface area (TPSA) is 48.6 Å². The van der Waals surface area contributed by atoms with Crippen molar-refractivity contribution in [3.8, 4) is 0 Å². The number of fused-ring (bicyclic) bond motifs is 5. The minimum Gasteiger partial charge on any atom is -0.383 e. The molecule has 3 aliphatic heterocycles. The number of aromatic amines is 1. The molecule has 3 aliphatic rings. The molecule has 3 fully saturated rings. The number of hydrogen-bond acceptors (Lipinski definition) is 3. The predicted molar refractivity (Wildman–Crippen MR) is 103 cm³/mol. The third kappa shape index (κ3) is 3.60. The molecule has 4 heterocycles. The Bertz CT molecular complexity index is 834. The standard InChI is InChI=1S/C21H28FN3O2/c1-14-18(17-4-3-5-19(22)21(17)23-14)10-20(26)25-12-15-6-7-16(13-25)24(11-15)8-9-27-2/h3-5,15-16,23H,6-13H2,1-2H3/t15-,16-/m1/s1. The molecule has 2 aromatic rings. The molecule has 6 heteroatoms. The van der Waals surface area contributed by atoms with Crippen LogP contribution >= 0.6 is 0 Å². The summed E-state index contributed by atoms with van der Waals surface area (Å²) < 4.78 is 19.3. The summed E-state index contributed by atoms with van der Waals surface area (Å²) in [5.41, 5.74) is 2.30. The van der Waals surface area contributed by atoms with Crippen molar-refractivity contribution in [2.24, 2.45) is 5.92 Å². The van der Waals surface area contributed by atoms with Gasteiger partial charge in [-0.25, -0.2) is 4.39 Å². The molecule has 27 heavy (non-hydrogen) atoms. The van der Waals surface area contributed by atoms with Crippen molar-refractivity contribution in [3.63, 3.8) is 0 Å². The van der Waals surface area contributed by atoms with Gasteiger partial charge in [-0.2, -0.15) is 0 Å². The Balaban J connectivity index is 1.51. The van der Waals surface area contributed by atoms with Gasteiger partial charge in [-0.05, 0) is 37.3 Å². The van der Waals surface area contributed by atoms with Gasteiger partial charge in [0.2, 0.25) is 5.91 Å². The Morgan fingerprint density at radius 3 is 2.96 bits per heavy atom. The van der Waals surface area contributed by atoms with Crippen molar-refractivity contribution in [2.45, 2.75) is 32.2 Å². The molecular weight excluding hydrogens is 345 g/mol. The van der Waals surface area contributed by atoms with Gasteiger partial charge in [-0.15, -0.1) is 0 Å². The Labute approximate surface area is 159 Å². The lowest BCUT2D eigenvalue weighted by molar-refractivity contribution is -0.130. The number of halogens is 1. The number of amides is 1. The average Bonchev–Trinajstić information content (AvgIpc) is 2.81. The zero-order valence-corrected chi connectivity index (χ0v) is 16.1. The van der Waals surface area contributed by atoms with E-state index in [0.717, 1.165) is 55.9 Å². The first-order chi connectivity index (χ1) is 13.1. The van der Waals surface area contributed by atoms with Crippen LogP contribution < -0.4 is 0 Å². The predicted octanol–water partition coefficient (Wildman–Crippen LogP) is 2.73. The number of aromatic nitrogens is 1. The summed E-state index contributed by atoms with van der Waals surface area (Å²) in [6.07, 6.45) is 2.66. The van der Waals surface area contributed by atoms with Gasteiger partial charge in [0.15, 0.2) is 0 Å². The number of H-pyrrole nitrogens is 1. The number of carbonyl (C=O) groups is 1. The van der Waals surface area contributed by atoms with E-state index in [1.165, 1.54) is 12.5 Å². The molecule has 2 bridgehead atoms. The van der Waals surface area contributed by atoms with Gasteiger partial charge in [0.05, 0.1) is 18.5 Å². The van der Waals surface area contributed by atoms with Gasteiger partial charge in [0.25, 0.3) is 0 Å². The highest BCUT2D eigenvalue weighted by Gasteiger charge is 2.36. The maximum atomic E-state index is 14.0. The largest absolute Gasteiger partial charge is 0.383 e. The number of methoxy groups -OCH3 is 1. The maximum Gasteiger partial charge on any atom is 0.227 e. The van der Waals surface area contributed by atoms with Crippen molar-refractivity contribution in [2.75, 3.05) is 39.9 Å². The number of carbonyl (C=O) groups excluding carboxylic acids is 1. The summed E-state index contributed by atoms with van der Waals surface area (Å²) in [6, 6.07) is 5.47. The normalized spacial score (nSPS) is 23.1. The molecule has 2 atom stereocenters. The van der Waals surface area contributed by atoms with E-state index in [4.69, 9.17) is 4.74 Å². The third-order valence-electron chi connectivity index (χ3n) is 6.19. The van der Waals surface area contributed by atoms with Crippen LogP contribution in [-0.4, -0.2) is 66.6 Å². The molecule has 146 valence electrons. The number of para-hydroxylation sites is 1. The van der Waals surface area contributed by atoms with E-state index in [9.17, 15) is 9.18 Å². The summed E-state index contributed by atoms with van der Waals surface area (Å²) >= 11 is 0. The van der Waals surface area contributed by atoms with Crippen molar-refractivity contribution < 1.29 is 13.9 Å². The van der Waals surface area contributed by atoms with E-state index in [0.29, 0.717) is 23.9 Å². The minimum absolute atomic E-state index is 0.147. The number of rotatable bonds is 5. The van der Waals surface area contributed by atoms with Crippen LogP contribution in [0.3, 0.4) is 0 Å². The lowest BCUT2D eigenvalue weighted by Crippen LogP contribution is -2.45. The second-order valence-corrected chi connectivity index (χ2v) is 7.95. The first-order valence-corrected chi connectivity index (χ1v) is 9.83. The quantitative estimate of drug-likeness (QED) is 0.877. The van der Waals surface area contributed by atoms with Gasteiger partial charge in [-0.1, -0.05) is 12.1 Å². The van der Waals surface area contributed by atoms with E-state index in [1.807, 2.05) is 17.9 Å². The van der Waals surface area contributed by atoms with Crippen molar-refractivity contribution in [1.82, 2.24) is 14.8 Å². The van der Waals surface area contributed by atoms with E-state index in [-0.39, 0.29) is 11.7 Å². The summed E-state index contributed by atoms with van der Waals surface area (Å²) in [5, 5.41) is 0.820. The zero-order chi connectivity index (χ0) is 19.0. The molecule has 5 nitrogen and oxygen atoms in total. The molecule has 0 aliphatic carbocycles. The van der Waals surface area contributed by atoms with Crippen molar-refractivity contribution in [1.29, 1.82) is 0 Å². The van der Waals surface area contributed by atoms with Gasteiger partial charge in [0, 0.05) is 50.4 Å². The molecule has 1 aromatic heterocycles. The highest BCUT2D eigenvalue weighted by Crippen LogP contribution is 2.29. The number of aryl methyl sites for hydroxylation is 1.